The molecule has 1 unspecified atom stereocenters. The van der Waals surface area contributed by atoms with Gasteiger partial charge in [-0.2, -0.15) is 0 Å². The Morgan fingerprint density at radius 3 is 2.47 bits per heavy atom. The molecule has 1 aromatic rings. The molecule has 0 amide bonds. The van der Waals surface area contributed by atoms with Gasteiger partial charge in [-0.25, -0.2) is 0 Å². The van der Waals surface area contributed by atoms with Gasteiger partial charge in [0.05, 0.1) is 0 Å². The molecule has 2 rings (SSSR count). The average Bonchev–Trinajstić information content (AvgIpc) is 3.03. The Balaban J connectivity index is 2.09. The first-order valence-corrected chi connectivity index (χ1v) is 6.84. The minimum Gasteiger partial charge on any atom is -0.313 e. The fourth-order valence-corrected chi connectivity index (χ4v) is 2.52. The maximum absolute atomic E-state index is 3.67. The maximum Gasteiger partial charge on any atom is 0.0161 e. The Morgan fingerprint density at radius 2 is 1.94 bits per heavy atom. The third kappa shape index (κ3) is 2.90. The lowest BCUT2D eigenvalue weighted by atomic mass is 9.91. The normalized spacial score (nSPS) is 19.1. The number of hydrogen-bond donors (Lipinski definition) is 1. The molecule has 1 heteroatoms. The molecule has 1 nitrogen and oxygen atoms in total. The Morgan fingerprint density at radius 1 is 1.24 bits per heavy atom. The summed E-state index contributed by atoms with van der Waals surface area (Å²) in [6.07, 6.45) is 3.94. The molecule has 1 saturated carbocycles. The monoisotopic (exact) mass is 231 g/mol. The van der Waals surface area contributed by atoms with Crippen molar-refractivity contribution in [1.29, 1.82) is 0 Å². The third-order valence-electron chi connectivity index (χ3n) is 4.34. The van der Waals surface area contributed by atoms with Gasteiger partial charge in [0, 0.05) is 6.04 Å². The second-order valence-corrected chi connectivity index (χ2v) is 5.89. The van der Waals surface area contributed by atoms with Crippen molar-refractivity contribution in [2.24, 2.45) is 5.41 Å². The molecule has 1 aliphatic carbocycles. The number of nitrogens with one attached hydrogen (secondary N) is 1. The average molecular weight is 231 g/mol. The predicted molar refractivity (Wildman–Crippen MR) is 74.4 cm³/mol. The number of hydrogen-bond acceptors (Lipinski definition) is 1. The highest BCUT2D eigenvalue weighted by atomic mass is 14.9. The van der Waals surface area contributed by atoms with Crippen LogP contribution in [-0.4, -0.2) is 12.6 Å². The first-order chi connectivity index (χ1) is 8.05. The quantitative estimate of drug-likeness (QED) is 0.816. The summed E-state index contributed by atoms with van der Waals surface area (Å²) < 4.78 is 0. The van der Waals surface area contributed by atoms with Gasteiger partial charge in [-0.1, -0.05) is 32.0 Å². The molecule has 94 valence electrons. The minimum atomic E-state index is 0.550. The molecule has 0 aromatic heterocycles. The second kappa shape index (κ2) is 4.81. The van der Waals surface area contributed by atoms with Crippen LogP contribution in [0.25, 0.3) is 0 Å². The van der Waals surface area contributed by atoms with E-state index in [1.807, 2.05) is 0 Å². The van der Waals surface area contributed by atoms with E-state index >= 15 is 0 Å². The highest BCUT2D eigenvalue weighted by Gasteiger charge is 2.44. The van der Waals surface area contributed by atoms with Crippen molar-refractivity contribution in [3.05, 3.63) is 34.9 Å². The number of rotatable bonds is 5. The topological polar surface area (TPSA) is 12.0 Å². The molecule has 0 radical (unpaired) electrons. The number of likely N-dealkylation sites (N-methyl/N-ethyl adjacent to an activating group) is 1. The summed E-state index contributed by atoms with van der Waals surface area (Å²) in [4.78, 5) is 0. The molecule has 0 spiro atoms. The van der Waals surface area contributed by atoms with Crippen LogP contribution in [0.2, 0.25) is 0 Å². The highest BCUT2D eigenvalue weighted by molar-refractivity contribution is 5.30. The van der Waals surface area contributed by atoms with E-state index in [-0.39, 0.29) is 0 Å². The first-order valence-electron chi connectivity index (χ1n) is 6.84. The van der Waals surface area contributed by atoms with Crippen LogP contribution >= 0.6 is 0 Å². The fourth-order valence-electron chi connectivity index (χ4n) is 2.52. The molecular weight excluding hydrogens is 206 g/mol. The fraction of sp³-hybridized carbons (Fsp3) is 0.625. The Bertz CT molecular complexity index is 391. The van der Waals surface area contributed by atoms with Crippen molar-refractivity contribution in [3.8, 4) is 0 Å². The van der Waals surface area contributed by atoms with Crippen LogP contribution in [0.15, 0.2) is 18.2 Å². The van der Waals surface area contributed by atoms with E-state index in [4.69, 9.17) is 0 Å². The van der Waals surface area contributed by atoms with Crippen LogP contribution in [0.5, 0.6) is 0 Å². The van der Waals surface area contributed by atoms with Crippen molar-refractivity contribution in [3.63, 3.8) is 0 Å². The molecule has 1 N–H and O–H groups in total. The Labute approximate surface area is 106 Å². The lowest BCUT2D eigenvalue weighted by Gasteiger charge is -2.25. The zero-order chi connectivity index (χ0) is 12.5. The van der Waals surface area contributed by atoms with Crippen LogP contribution in [0.4, 0.5) is 0 Å². The summed E-state index contributed by atoms with van der Waals surface area (Å²) in [6, 6.07) is 7.54. The van der Waals surface area contributed by atoms with Crippen LogP contribution < -0.4 is 5.32 Å². The number of aryl methyl sites for hydroxylation is 2. The van der Waals surface area contributed by atoms with Crippen molar-refractivity contribution >= 4 is 0 Å². The van der Waals surface area contributed by atoms with Gasteiger partial charge in [-0.3, -0.25) is 0 Å². The van der Waals surface area contributed by atoms with Gasteiger partial charge in [0.25, 0.3) is 0 Å². The SMILES string of the molecule is CCNC(Cc1ccc(C)c(C)c1)C1(C)CC1. The number of benzene rings is 1. The molecule has 1 aliphatic rings. The van der Waals surface area contributed by atoms with E-state index in [1.165, 1.54) is 36.0 Å². The summed E-state index contributed by atoms with van der Waals surface area (Å²) in [5, 5.41) is 3.67. The molecule has 0 heterocycles. The van der Waals surface area contributed by atoms with Crippen molar-refractivity contribution in [1.82, 2.24) is 5.32 Å². The molecule has 0 aliphatic heterocycles. The van der Waals surface area contributed by atoms with Crippen molar-refractivity contribution in [2.45, 2.75) is 53.0 Å². The van der Waals surface area contributed by atoms with Crippen LogP contribution in [0.1, 0.15) is 43.4 Å². The van der Waals surface area contributed by atoms with Crippen LogP contribution in [-0.2, 0) is 6.42 Å². The van der Waals surface area contributed by atoms with Gasteiger partial charge < -0.3 is 5.32 Å². The standard InChI is InChI=1S/C16H25N/c1-5-17-15(16(4)8-9-16)11-14-7-6-12(2)13(3)10-14/h6-7,10,15,17H,5,8-9,11H2,1-4H3. The van der Waals surface area contributed by atoms with Gasteiger partial charge in [0.2, 0.25) is 0 Å². The lowest BCUT2D eigenvalue weighted by molar-refractivity contribution is 0.360. The summed E-state index contributed by atoms with van der Waals surface area (Å²) in [6.45, 7) is 10.1. The van der Waals surface area contributed by atoms with Gasteiger partial charge in [-0.15, -0.1) is 0 Å². The molecule has 1 fully saturated rings. The molecule has 0 saturated heterocycles. The zero-order valence-electron chi connectivity index (χ0n) is 11.6. The summed E-state index contributed by atoms with van der Waals surface area (Å²) in [5.41, 5.74) is 4.84. The summed E-state index contributed by atoms with van der Waals surface area (Å²) in [7, 11) is 0. The first kappa shape index (κ1) is 12.6. The van der Waals surface area contributed by atoms with E-state index in [0.29, 0.717) is 11.5 Å². The molecule has 1 aromatic carbocycles. The van der Waals surface area contributed by atoms with E-state index < -0.39 is 0 Å². The molecule has 1 atom stereocenters. The van der Waals surface area contributed by atoms with E-state index in [1.54, 1.807) is 0 Å². The van der Waals surface area contributed by atoms with Gasteiger partial charge in [0.1, 0.15) is 0 Å². The molecule has 17 heavy (non-hydrogen) atoms. The van der Waals surface area contributed by atoms with Gasteiger partial charge >= 0.3 is 0 Å². The smallest absolute Gasteiger partial charge is 0.0161 e. The highest BCUT2D eigenvalue weighted by Crippen LogP contribution is 2.48. The van der Waals surface area contributed by atoms with Gasteiger partial charge in [-0.05, 0) is 61.8 Å². The Kier molecular flexibility index (Phi) is 3.58. The molecular formula is C16H25N. The van der Waals surface area contributed by atoms with Crippen molar-refractivity contribution < 1.29 is 0 Å². The summed E-state index contributed by atoms with van der Waals surface area (Å²) in [5.74, 6) is 0. The molecule has 0 bridgehead atoms. The van der Waals surface area contributed by atoms with Crippen LogP contribution in [0.3, 0.4) is 0 Å². The van der Waals surface area contributed by atoms with Crippen molar-refractivity contribution in [2.75, 3.05) is 6.54 Å². The zero-order valence-corrected chi connectivity index (χ0v) is 11.6. The van der Waals surface area contributed by atoms with E-state index in [2.05, 4.69) is 51.2 Å². The van der Waals surface area contributed by atoms with Crippen LogP contribution in [0, 0.1) is 19.3 Å². The second-order valence-electron chi connectivity index (χ2n) is 5.89. The Hall–Kier alpha value is -0.820. The minimum absolute atomic E-state index is 0.550. The lowest BCUT2D eigenvalue weighted by Crippen LogP contribution is -2.38. The third-order valence-corrected chi connectivity index (χ3v) is 4.34. The maximum atomic E-state index is 3.67. The largest absolute Gasteiger partial charge is 0.313 e. The summed E-state index contributed by atoms with van der Waals surface area (Å²) >= 11 is 0. The van der Waals surface area contributed by atoms with E-state index in [0.717, 1.165) is 6.54 Å². The van der Waals surface area contributed by atoms with Gasteiger partial charge in [0.15, 0.2) is 0 Å². The van der Waals surface area contributed by atoms with E-state index in [9.17, 15) is 0 Å². The predicted octanol–water partition coefficient (Wildman–Crippen LogP) is 3.62.